The Morgan fingerprint density at radius 3 is 2.65 bits per heavy atom. The maximum absolute atomic E-state index is 12.4. The van der Waals surface area contributed by atoms with E-state index in [1.807, 2.05) is 36.2 Å². The number of aliphatic imine (C=N–C) groups is 1. The number of nitrogens with zero attached hydrogens (tertiary/aromatic N) is 4. The van der Waals surface area contributed by atoms with Gasteiger partial charge in [-0.1, -0.05) is 0 Å². The number of allylic oxidation sites excluding steroid dienone is 1. The number of imide groups is 1. The Morgan fingerprint density at radius 1 is 1.19 bits per heavy atom. The van der Waals surface area contributed by atoms with Crippen LogP contribution in [-0.4, -0.2) is 61.2 Å². The van der Waals surface area contributed by atoms with E-state index in [1.165, 1.54) is 4.90 Å². The topological polar surface area (TPSA) is 86.7 Å². The van der Waals surface area contributed by atoms with Crippen LogP contribution in [0, 0.1) is 0 Å². The first-order valence-corrected chi connectivity index (χ1v) is 8.10. The van der Waals surface area contributed by atoms with Crippen LogP contribution in [0.4, 0.5) is 10.5 Å². The molecule has 0 saturated carbocycles. The number of carbonyl (C=O) groups excluding carboxylic acids is 2. The van der Waals surface area contributed by atoms with Gasteiger partial charge in [0.1, 0.15) is 11.5 Å². The molecule has 0 aromatic heterocycles. The predicted molar refractivity (Wildman–Crippen MR) is 93.9 cm³/mol. The molecular weight excluding hydrogens is 338 g/mol. The SMILES string of the molecule is COc1ccc(OC)c(N2C(C)=CN3C2=NC2C3C(=O)NC(=O)N2C)c1. The lowest BCUT2D eigenvalue weighted by atomic mass is 10.1. The molecule has 9 nitrogen and oxygen atoms in total. The monoisotopic (exact) mass is 357 g/mol. The molecule has 0 aliphatic carbocycles. The maximum atomic E-state index is 12.4. The van der Waals surface area contributed by atoms with Crippen LogP contribution in [0.1, 0.15) is 6.92 Å². The summed E-state index contributed by atoms with van der Waals surface area (Å²) in [6.45, 7) is 1.92. The van der Waals surface area contributed by atoms with Crippen LogP contribution in [-0.2, 0) is 4.79 Å². The summed E-state index contributed by atoms with van der Waals surface area (Å²) < 4.78 is 10.8. The fraction of sp³-hybridized carbons (Fsp3) is 0.353. The van der Waals surface area contributed by atoms with E-state index in [9.17, 15) is 9.59 Å². The fourth-order valence-corrected chi connectivity index (χ4v) is 3.47. The number of methoxy groups -OCH3 is 2. The molecule has 4 rings (SSSR count). The molecule has 1 N–H and O–H groups in total. The van der Waals surface area contributed by atoms with E-state index in [4.69, 9.17) is 9.47 Å². The van der Waals surface area contributed by atoms with Gasteiger partial charge in [0.05, 0.1) is 19.9 Å². The van der Waals surface area contributed by atoms with Crippen LogP contribution in [0.25, 0.3) is 0 Å². The highest BCUT2D eigenvalue weighted by molar-refractivity contribution is 6.10. The van der Waals surface area contributed by atoms with Gasteiger partial charge in [-0.2, -0.15) is 0 Å². The third-order valence-electron chi connectivity index (χ3n) is 4.78. The first kappa shape index (κ1) is 16.2. The average Bonchev–Trinajstić information content (AvgIpc) is 3.14. The number of amides is 3. The van der Waals surface area contributed by atoms with E-state index >= 15 is 0 Å². The molecule has 136 valence electrons. The van der Waals surface area contributed by atoms with Gasteiger partial charge in [-0.05, 0) is 19.1 Å². The van der Waals surface area contributed by atoms with Crippen molar-refractivity contribution in [2.75, 3.05) is 26.2 Å². The van der Waals surface area contributed by atoms with Crippen molar-refractivity contribution in [2.45, 2.75) is 19.1 Å². The average molecular weight is 357 g/mol. The van der Waals surface area contributed by atoms with Gasteiger partial charge in [-0.3, -0.25) is 15.0 Å². The minimum Gasteiger partial charge on any atom is -0.497 e. The summed E-state index contributed by atoms with van der Waals surface area (Å²) in [6.07, 6.45) is 1.28. The summed E-state index contributed by atoms with van der Waals surface area (Å²) >= 11 is 0. The lowest BCUT2D eigenvalue weighted by Gasteiger charge is -2.34. The van der Waals surface area contributed by atoms with Crippen LogP contribution in [0.5, 0.6) is 11.5 Å². The molecule has 1 saturated heterocycles. The Balaban J connectivity index is 1.80. The highest BCUT2D eigenvalue weighted by Gasteiger charge is 2.51. The molecule has 9 heteroatoms. The molecule has 1 aromatic rings. The van der Waals surface area contributed by atoms with Gasteiger partial charge in [-0.25, -0.2) is 9.79 Å². The quantitative estimate of drug-likeness (QED) is 0.866. The van der Waals surface area contributed by atoms with Crippen molar-refractivity contribution in [2.24, 2.45) is 4.99 Å². The van der Waals surface area contributed by atoms with Gasteiger partial charge in [0.15, 0.2) is 12.2 Å². The molecule has 26 heavy (non-hydrogen) atoms. The van der Waals surface area contributed by atoms with E-state index in [1.54, 1.807) is 26.2 Å². The number of urea groups is 1. The molecule has 3 heterocycles. The minimum absolute atomic E-state index is 0.361. The highest BCUT2D eigenvalue weighted by atomic mass is 16.5. The van der Waals surface area contributed by atoms with Crippen molar-refractivity contribution in [3.05, 3.63) is 30.1 Å². The van der Waals surface area contributed by atoms with Crippen molar-refractivity contribution in [3.63, 3.8) is 0 Å². The Bertz CT molecular complexity index is 865. The van der Waals surface area contributed by atoms with E-state index in [0.717, 1.165) is 11.4 Å². The third-order valence-corrected chi connectivity index (χ3v) is 4.78. The molecule has 0 bridgehead atoms. The van der Waals surface area contributed by atoms with Crippen molar-refractivity contribution < 1.29 is 19.1 Å². The number of anilines is 1. The van der Waals surface area contributed by atoms with Crippen LogP contribution >= 0.6 is 0 Å². The van der Waals surface area contributed by atoms with Crippen molar-refractivity contribution in [1.82, 2.24) is 15.1 Å². The van der Waals surface area contributed by atoms with Gasteiger partial charge in [0.25, 0.3) is 5.91 Å². The Hall–Kier alpha value is -3.23. The number of nitrogens with one attached hydrogen (secondary N) is 1. The molecule has 1 aromatic carbocycles. The van der Waals surface area contributed by atoms with E-state index in [2.05, 4.69) is 10.3 Å². The van der Waals surface area contributed by atoms with Crippen LogP contribution in [0.2, 0.25) is 0 Å². The zero-order chi connectivity index (χ0) is 18.6. The number of ether oxygens (including phenoxy) is 2. The van der Waals surface area contributed by atoms with Crippen molar-refractivity contribution in [3.8, 4) is 11.5 Å². The minimum atomic E-state index is -0.593. The summed E-state index contributed by atoms with van der Waals surface area (Å²) in [5.74, 6) is 1.53. The first-order valence-electron chi connectivity index (χ1n) is 8.10. The molecule has 0 radical (unpaired) electrons. The third kappa shape index (κ3) is 2.13. The van der Waals surface area contributed by atoms with Gasteiger partial charge in [0, 0.05) is 25.0 Å². The van der Waals surface area contributed by atoms with Crippen molar-refractivity contribution >= 4 is 23.6 Å². The van der Waals surface area contributed by atoms with E-state index < -0.39 is 18.2 Å². The van der Waals surface area contributed by atoms with E-state index in [0.29, 0.717) is 17.5 Å². The normalized spacial score (nSPS) is 24.1. The lowest BCUT2D eigenvalue weighted by molar-refractivity contribution is -0.126. The first-order chi connectivity index (χ1) is 12.5. The molecule has 2 atom stereocenters. The summed E-state index contributed by atoms with van der Waals surface area (Å²) in [5, 5.41) is 2.36. The van der Waals surface area contributed by atoms with Crippen LogP contribution in [0.15, 0.2) is 35.1 Å². The molecule has 2 unspecified atom stereocenters. The number of likely N-dealkylation sites (N-methyl/N-ethyl adjacent to an activating group) is 1. The number of carbonyl (C=O) groups is 2. The van der Waals surface area contributed by atoms with Gasteiger partial charge < -0.3 is 19.3 Å². The molecule has 1 fully saturated rings. The number of hydrogen-bond donors (Lipinski definition) is 1. The standard InChI is InChI=1S/C17H19N5O4/c1-9-8-21-13-14(20(2)17(24)19-15(13)23)18-16(21)22(9)11-7-10(25-3)5-6-12(11)26-4/h5-8,13-14H,1-4H3,(H,19,23,24). The second-order valence-electron chi connectivity index (χ2n) is 6.24. The van der Waals surface area contributed by atoms with Gasteiger partial charge >= 0.3 is 6.03 Å². The predicted octanol–water partition coefficient (Wildman–Crippen LogP) is 0.933. The van der Waals surface area contributed by atoms with Gasteiger partial charge in [0.2, 0.25) is 5.96 Å². The molecule has 0 spiro atoms. The summed E-state index contributed by atoms with van der Waals surface area (Å²) in [7, 11) is 4.81. The summed E-state index contributed by atoms with van der Waals surface area (Å²) in [6, 6.07) is 4.43. The molecule has 3 aliphatic heterocycles. The van der Waals surface area contributed by atoms with Crippen LogP contribution < -0.4 is 19.7 Å². The Kier molecular flexibility index (Phi) is 3.53. The van der Waals surface area contributed by atoms with Crippen molar-refractivity contribution in [1.29, 1.82) is 0 Å². The largest absolute Gasteiger partial charge is 0.497 e. The Labute approximate surface area is 150 Å². The molecule has 3 aliphatic rings. The fourth-order valence-electron chi connectivity index (χ4n) is 3.47. The number of benzene rings is 1. The van der Waals surface area contributed by atoms with Crippen LogP contribution in [0.3, 0.4) is 0 Å². The highest BCUT2D eigenvalue weighted by Crippen LogP contribution is 2.40. The molecule has 3 amide bonds. The second kappa shape index (κ2) is 5.65. The number of guanidine groups is 1. The number of fused-ring (bicyclic) bond motifs is 3. The van der Waals surface area contributed by atoms with E-state index in [-0.39, 0.29) is 5.91 Å². The summed E-state index contributed by atoms with van der Waals surface area (Å²) in [5.41, 5.74) is 1.62. The number of hydrogen-bond acceptors (Lipinski definition) is 7. The zero-order valence-electron chi connectivity index (χ0n) is 14.9. The number of rotatable bonds is 3. The van der Waals surface area contributed by atoms with Gasteiger partial charge in [-0.15, -0.1) is 0 Å². The Morgan fingerprint density at radius 2 is 1.96 bits per heavy atom. The zero-order valence-corrected chi connectivity index (χ0v) is 14.9. The smallest absolute Gasteiger partial charge is 0.325 e. The molecular formula is C17H19N5O4. The lowest BCUT2D eigenvalue weighted by Crippen LogP contribution is -2.62. The summed E-state index contributed by atoms with van der Waals surface area (Å²) in [4.78, 5) is 34.1. The second-order valence-corrected chi connectivity index (χ2v) is 6.24. The maximum Gasteiger partial charge on any atom is 0.325 e.